The zero-order chi connectivity index (χ0) is 14.6. The predicted octanol–water partition coefficient (Wildman–Crippen LogP) is 2.51. The molecule has 21 heavy (non-hydrogen) atoms. The van der Waals surface area contributed by atoms with Gasteiger partial charge in [0.2, 0.25) is 0 Å². The molecule has 2 rings (SSSR count). The van der Waals surface area contributed by atoms with Crippen molar-refractivity contribution in [1.29, 1.82) is 0 Å². The first kappa shape index (κ1) is 18.7. The smallest absolute Gasteiger partial charge is 0.252 e. The molecule has 1 aliphatic carbocycles. The number of ether oxygens (including phenoxy) is 1. The maximum atomic E-state index is 12.5. The molecule has 0 spiro atoms. The third kappa shape index (κ3) is 4.83. The third-order valence-electron chi connectivity index (χ3n) is 5.23. The van der Waals surface area contributed by atoms with Crippen LogP contribution in [0.5, 0.6) is 0 Å². The number of hydrogen-bond acceptors (Lipinski definition) is 3. The first-order valence-electron chi connectivity index (χ1n) is 8.02. The zero-order valence-electron chi connectivity index (χ0n) is 13.7. The number of carbonyl (C=O) groups excluding carboxylic acids is 1. The number of rotatable bonds is 4. The Kier molecular flexibility index (Phi) is 6.95. The van der Waals surface area contributed by atoms with Crippen LogP contribution in [0.2, 0.25) is 0 Å². The maximum Gasteiger partial charge on any atom is 0.252 e. The molecule has 4 nitrogen and oxygen atoms in total. The lowest BCUT2D eigenvalue weighted by Crippen LogP contribution is -2.54. The Morgan fingerprint density at radius 1 is 1.19 bits per heavy atom. The number of halogens is 1. The standard InChI is InChI=1S/C16H30N2O2.ClH/c1-15(2)6-4-13(5-7-15)12-18-14(19)16(20-3)8-10-17-11-9-16;/h13,17H,4-12H2,1-3H3,(H,18,19);1H. The quantitative estimate of drug-likeness (QED) is 0.837. The first-order valence-corrected chi connectivity index (χ1v) is 8.02. The van der Waals surface area contributed by atoms with E-state index in [0.717, 1.165) is 32.5 Å². The summed E-state index contributed by atoms with van der Waals surface area (Å²) in [5, 5.41) is 6.43. The second-order valence-corrected chi connectivity index (χ2v) is 7.27. The monoisotopic (exact) mass is 318 g/mol. The third-order valence-corrected chi connectivity index (χ3v) is 5.23. The highest BCUT2D eigenvalue weighted by Crippen LogP contribution is 2.37. The lowest BCUT2D eigenvalue weighted by molar-refractivity contribution is -0.147. The summed E-state index contributed by atoms with van der Waals surface area (Å²) in [6, 6.07) is 0. The zero-order valence-corrected chi connectivity index (χ0v) is 14.5. The van der Waals surface area contributed by atoms with E-state index in [9.17, 15) is 4.79 Å². The fraction of sp³-hybridized carbons (Fsp3) is 0.938. The van der Waals surface area contributed by atoms with Gasteiger partial charge in [0.25, 0.3) is 5.91 Å². The summed E-state index contributed by atoms with van der Waals surface area (Å²) >= 11 is 0. The normalized spacial score (nSPS) is 24.9. The van der Waals surface area contributed by atoms with Gasteiger partial charge >= 0.3 is 0 Å². The summed E-state index contributed by atoms with van der Waals surface area (Å²) < 4.78 is 5.56. The van der Waals surface area contributed by atoms with E-state index in [1.54, 1.807) is 7.11 Å². The van der Waals surface area contributed by atoms with Crippen molar-refractivity contribution in [3.8, 4) is 0 Å². The second kappa shape index (κ2) is 7.80. The van der Waals surface area contributed by atoms with E-state index in [1.165, 1.54) is 25.7 Å². The summed E-state index contributed by atoms with van der Waals surface area (Å²) in [4.78, 5) is 12.5. The van der Waals surface area contributed by atoms with E-state index in [4.69, 9.17) is 4.74 Å². The van der Waals surface area contributed by atoms with Gasteiger partial charge in [-0.05, 0) is 62.9 Å². The Labute approximate surface area is 135 Å². The van der Waals surface area contributed by atoms with Gasteiger partial charge in [-0.25, -0.2) is 0 Å². The molecular formula is C16H31ClN2O2. The van der Waals surface area contributed by atoms with E-state index in [0.29, 0.717) is 11.3 Å². The molecule has 1 saturated carbocycles. The van der Waals surface area contributed by atoms with Crippen LogP contribution < -0.4 is 10.6 Å². The van der Waals surface area contributed by atoms with Crippen molar-refractivity contribution in [3.05, 3.63) is 0 Å². The molecule has 0 aromatic heterocycles. The molecule has 1 saturated heterocycles. The minimum absolute atomic E-state index is 0. The van der Waals surface area contributed by atoms with Crippen LogP contribution in [-0.2, 0) is 9.53 Å². The fourth-order valence-corrected chi connectivity index (χ4v) is 3.42. The number of hydrogen-bond donors (Lipinski definition) is 2. The Hall–Kier alpha value is -0.320. The van der Waals surface area contributed by atoms with Crippen molar-refractivity contribution < 1.29 is 9.53 Å². The molecule has 2 N–H and O–H groups in total. The van der Waals surface area contributed by atoms with Gasteiger partial charge in [-0.1, -0.05) is 13.8 Å². The van der Waals surface area contributed by atoms with Crippen LogP contribution in [0.25, 0.3) is 0 Å². The summed E-state index contributed by atoms with van der Waals surface area (Å²) in [5.74, 6) is 0.730. The van der Waals surface area contributed by atoms with Gasteiger partial charge in [0, 0.05) is 13.7 Å². The molecule has 0 bridgehead atoms. The molecule has 0 aromatic rings. The van der Waals surface area contributed by atoms with Crippen LogP contribution in [0.3, 0.4) is 0 Å². The van der Waals surface area contributed by atoms with E-state index < -0.39 is 5.60 Å². The fourth-order valence-electron chi connectivity index (χ4n) is 3.42. The van der Waals surface area contributed by atoms with Crippen LogP contribution in [0.15, 0.2) is 0 Å². The Morgan fingerprint density at radius 2 is 1.76 bits per heavy atom. The molecule has 0 atom stereocenters. The van der Waals surface area contributed by atoms with E-state index in [1.807, 2.05) is 0 Å². The maximum absolute atomic E-state index is 12.5. The summed E-state index contributed by atoms with van der Waals surface area (Å²) in [7, 11) is 1.66. The Balaban J connectivity index is 0.00000220. The molecule has 1 amide bonds. The Bertz CT molecular complexity index is 331. The van der Waals surface area contributed by atoms with Gasteiger partial charge in [0.05, 0.1) is 0 Å². The van der Waals surface area contributed by atoms with Gasteiger partial charge in [-0.3, -0.25) is 4.79 Å². The van der Waals surface area contributed by atoms with E-state index >= 15 is 0 Å². The number of methoxy groups -OCH3 is 1. The molecule has 1 heterocycles. The van der Waals surface area contributed by atoms with E-state index in [2.05, 4.69) is 24.5 Å². The number of nitrogens with one attached hydrogen (secondary N) is 2. The molecule has 124 valence electrons. The van der Waals surface area contributed by atoms with Gasteiger partial charge in [-0.15, -0.1) is 12.4 Å². The van der Waals surface area contributed by atoms with Crippen LogP contribution in [0.4, 0.5) is 0 Å². The van der Waals surface area contributed by atoms with Crippen LogP contribution in [-0.4, -0.2) is 38.3 Å². The minimum Gasteiger partial charge on any atom is -0.368 e. The highest BCUT2D eigenvalue weighted by molar-refractivity contribution is 5.85. The van der Waals surface area contributed by atoms with Crippen molar-refractivity contribution in [3.63, 3.8) is 0 Å². The molecule has 0 radical (unpaired) electrons. The van der Waals surface area contributed by atoms with Crippen molar-refractivity contribution in [2.75, 3.05) is 26.7 Å². The molecule has 0 unspecified atom stereocenters. The van der Waals surface area contributed by atoms with Gasteiger partial charge in [-0.2, -0.15) is 0 Å². The number of amides is 1. The highest BCUT2D eigenvalue weighted by Gasteiger charge is 2.39. The van der Waals surface area contributed by atoms with Gasteiger partial charge in [0.1, 0.15) is 5.60 Å². The largest absolute Gasteiger partial charge is 0.368 e. The molecule has 5 heteroatoms. The topological polar surface area (TPSA) is 50.4 Å². The Morgan fingerprint density at radius 3 is 2.29 bits per heavy atom. The van der Waals surface area contributed by atoms with Crippen LogP contribution in [0.1, 0.15) is 52.4 Å². The number of carbonyl (C=O) groups is 1. The summed E-state index contributed by atoms with van der Waals surface area (Å²) in [6.45, 7) is 7.22. The van der Waals surface area contributed by atoms with Gasteiger partial charge < -0.3 is 15.4 Å². The van der Waals surface area contributed by atoms with Gasteiger partial charge in [0.15, 0.2) is 0 Å². The van der Waals surface area contributed by atoms with Crippen LogP contribution in [0, 0.1) is 11.3 Å². The van der Waals surface area contributed by atoms with Crippen molar-refractivity contribution in [1.82, 2.24) is 10.6 Å². The first-order chi connectivity index (χ1) is 9.47. The van der Waals surface area contributed by atoms with Crippen molar-refractivity contribution in [2.24, 2.45) is 11.3 Å². The predicted molar refractivity (Wildman–Crippen MR) is 87.8 cm³/mol. The molecular weight excluding hydrogens is 288 g/mol. The molecule has 0 aromatic carbocycles. The summed E-state index contributed by atoms with van der Waals surface area (Å²) in [5.41, 5.74) is -0.109. The average molecular weight is 319 g/mol. The minimum atomic E-state index is -0.598. The number of piperidine rings is 1. The molecule has 1 aliphatic heterocycles. The second-order valence-electron chi connectivity index (χ2n) is 7.27. The van der Waals surface area contributed by atoms with Crippen LogP contribution >= 0.6 is 12.4 Å². The SMILES string of the molecule is COC1(C(=O)NCC2CCC(C)(C)CC2)CCNCC1.Cl. The lowest BCUT2D eigenvalue weighted by atomic mass is 9.73. The molecule has 2 aliphatic rings. The highest BCUT2D eigenvalue weighted by atomic mass is 35.5. The average Bonchev–Trinajstić information content (AvgIpc) is 2.46. The van der Waals surface area contributed by atoms with E-state index in [-0.39, 0.29) is 18.3 Å². The summed E-state index contributed by atoms with van der Waals surface area (Å²) in [6.07, 6.45) is 6.55. The lowest BCUT2D eigenvalue weighted by Gasteiger charge is -2.37. The molecule has 2 fully saturated rings. The van der Waals surface area contributed by atoms with Crippen molar-refractivity contribution >= 4 is 18.3 Å². The van der Waals surface area contributed by atoms with Crippen molar-refractivity contribution in [2.45, 2.75) is 58.0 Å².